The highest BCUT2D eigenvalue weighted by atomic mass is 19.1. The van der Waals surface area contributed by atoms with E-state index in [1.54, 1.807) is 43.9 Å². The number of methoxy groups -OCH3 is 1. The molecule has 2 N–H and O–H groups in total. The molecule has 2 amide bonds. The van der Waals surface area contributed by atoms with E-state index in [9.17, 15) is 24.3 Å². The second-order valence-electron chi connectivity index (χ2n) is 11.7. The molecule has 1 fully saturated rings. The van der Waals surface area contributed by atoms with Crippen molar-refractivity contribution in [3.8, 4) is 34.2 Å². The number of hydrogen-bond acceptors (Lipinski definition) is 5. The van der Waals surface area contributed by atoms with Crippen LogP contribution in [-0.4, -0.2) is 57.2 Å². The predicted molar refractivity (Wildman–Crippen MR) is 153 cm³/mol. The molecule has 2 aliphatic rings. The van der Waals surface area contributed by atoms with Crippen LogP contribution < -0.4 is 10.1 Å². The van der Waals surface area contributed by atoms with Gasteiger partial charge in [0.2, 0.25) is 0 Å². The SMILES string of the molecule is COc1cc2c(cc1C(=O)NC(C)(C)C#N)-c1c(-c3ccc(F)cc3)cc(C(=O)N3CCC[C@]3(C)[C@@H](C)O)n1CC2. The summed E-state index contributed by atoms with van der Waals surface area (Å²) in [7, 11) is 1.50. The molecule has 9 heteroatoms. The molecule has 214 valence electrons. The van der Waals surface area contributed by atoms with Crippen LogP contribution in [0.3, 0.4) is 0 Å². The van der Waals surface area contributed by atoms with Crippen molar-refractivity contribution in [2.75, 3.05) is 13.7 Å². The van der Waals surface area contributed by atoms with Crippen LogP contribution in [0.1, 0.15) is 66.9 Å². The molecule has 8 nitrogen and oxygen atoms in total. The summed E-state index contributed by atoms with van der Waals surface area (Å²) in [5.41, 5.74) is 2.89. The normalized spacial score (nSPS) is 18.7. The average molecular weight is 559 g/mol. The number of nitriles is 1. The fourth-order valence-corrected chi connectivity index (χ4v) is 6.00. The number of benzene rings is 2. The molecule has 0 saturated carbocycles. The number of ether oxygens (including phenoxy) is 1. The number of carbonyl (C=O) groups is 2. The third kappa shape index (κ3) is 4.87. The highest BCUT2D eigenvalue weighted by Crippen LogP contribution is 2.43. The molecule has 2 atom stereocenters. The standard InChI is InChI=1S/C32H35FN4O4/c1-19(38)32(4)12-6-13-37(32)30(40)26-17-24(20-7-9-22(33)10-8-20)28-23-16-25(29(39)35-31(2,3)18-34)27(41-5)15-21(23)11-14-36(26)28/h7-10,15-17,19,38H,6,11-14H2,1-5H3,(H,35,39)/t19-,32-/m1/s1. The van der Waals surface area contributed by atoms with Gasteiger partial charge in [-0.05, 0) is 88.4 Å². The number of carbonyl (C=O) groups excluding carboxylic acids is 2. The number of hydrogen-bond donors (Lipinski definition) is 2. The number of aryl methyl sites for hydroxylation is 1. The molecule has 1 saturated heterocycles. The van der Waals surface area contributed by atoms with Gasteiger partial charge in [-0.2, -0.15) is 5.26 Å². The van der Waals surface area contributed by atoms with Crippen molar-refractivity contribution in [3.63, 3.8) is 0 Å². The van der Waals surface area contributed by atoms with Gasteiger partial charge in [0.15, 0.2) is 0 Å². The number of rotatable bonds is 6. The number of amides is 2. The van der Waals surface area contributed by atoms with Crippen LogP contribution in [0.5, 0.6) is 5.75 Å². The lowest BCUT2D eigenvalue weighted by Crippen LogP contribution is -2.52. The van der Waals surface area contributed by atoms with Crippen LogP contribution in [0.4, 0.5) is 4.39 Å². The Kier molecular flexibility index (Phi) is 7.16. The highest BCUT2D eigenvalue weighted by Gasteiger charge is 2.44. The summed E-state index contributed by atoms with van der Waals surface area (Å²) >= 11 is 0. The first-order chi connectivity index (χ1) is 19.4. The number of nitrogens with one attached hydrogen (secondary N) is 1. The molecule has 1 aromatic heterocycles. The number of likely N-dealkylation sites (tertiary alicyclic amines) is 1. The van der Waals surface area contributed by atoms with E-state index in [2.05, 4.69) is 11.4 Å². The first kappa shape index (κ1) is 28.4. The third-order valence-corrected chi connectivity index (χ3v) is 8.53. The van der Waals surface area contributed by atoms with E-state index in [-0.39, 0.29) is 17.3 Å². The average Bonchev–Trinajstić information content (AvgIpc) is 3.54. The Balaban J connectivity index is 1.70. The Morgan fingerprint density at radius 2 is 1.88 bits per heavy atom. The smallest absolute Gasteiger partial charge is 0.271 e. The van der Waals surface area contributed by atoms with Crippen molar-refractivity contribution < 1.29 is 23.8 Å². The molecule has 0 spiro atoms. The zero-order valence-electron chi connectivity index (χ0n) is 24.0. The summed E-state index contributed by atoms with van der Waals surface area (Å²) in [6, 6.07) is 13.6. The van der Waals surface area contributed by atoms with Gasteiger partial charge in [-0.3, -0.25) is 9.59 Å². The summed E-state index contributed by atoms with van der Waals surface area (Å²) in [5.74, 6) is -0.609. The topological polar surface area (TPSA) is 108 Å². The van der Waals surface area contributed by atoms with Crippen molar-refractivity contribution in [1.29, 1.82) is 5.26 Å². The summed E-state index contributed by atoms with van der Waals surface area (Å²) in [5, 5.41) is 22.8. The Morgan fingerprint density at radius 3 is 2.51 bits per heavy atom. The van der Waals surface area contributed by atoms with Gasteiger partial charge in [0, 0.05) is 24.2 Å². The molecule has 0 unspecified atom stereocenters. The van der Waals surface area contributed by atoms with Crippen LogP contribution in [0.15, 0.2) is 42.5 Å². The third-order valence-electron chi connectivity index (χ3n) is 8.53. The Labute approximate surface area is 239 Å². The van der Waals surface area contributed by atoms with Gasteiger partial charge in [0.05, 0.1) is 36.1 Å². The minimum Gasteiger partial charge on any atom is -0.496 e. The lowest BCUT2D eigenvalue weighted by atomic mass is 9.91. The first-order valence-corrected chi connectivity index (χ1v) is 13.8. The van der Waals surface area contributed by atoms with Gasteiger partial charge in [-0.25, -0.2) is 4.39 Å². The largest absolute Gasteiger partial charge is 0.496 e. The summed E-state index contributed by atoms with van der Waals surface area (Å²) in [6.07, 6.45) is 1.39. The Hall–Kier alpha value is -4.16. The van der Waals surface area contributed by atoms with E-state index >= 15 is 0 Å². The highest BCUT2D eigenvalue weighted by molar-refractivity contribution is 6.02. The number of fused-ring (bicyclic) bond motifs is 3. The minimum absolute atomic E-state index is 0.175. The maximum Gasteiger partial charge on any atom is 0.271 e. The predicted octanol–water partition coefficient (Wildman–Crippen LogP) is 4.93. The molecular weight excluding hydrogens is 523 g/mol. The van der Waals surface area contributed by atoms with Crippen molar-refractivity contribution >= 4 is 11.8 Å². The number of halogens is 1. The molecule has 0 aliphatic carbocycles. The van der Waals surface area contributed by atoms with Gasteiger partial charge >= 0.3 is 0 Å². The summed E-state index contributed by atoms with van der Waals surface area (Å²) in [6.45, 7) is 7.92. The van der Waals surface area contributed by atoms with Gasteiger partial charge in [-0.1, -0.05) is 12.1 Å². The molecular formula is C32H35FN4O4. The number of aromatic nitrogens is 1. The zero-order chi connectivity index (χ0) is 29.7. The maximum absolute atomic E-state index is 14.1. The molecule has 2 aromatic carbocycles. The Morgan fingerprint density at radius 1 is 1.17 bits per heavy atom. The second-order valence-corrected chi connectivity index (χ2v) is 11.7. The van der Waals surface area contributed by atoms with E-state index in [1.807, 2.05) is 23.6 Å². The quantitative estimate of drug-likeness (QED) is 0.446. The van der Waals surface area contributed by atoms with Crippen molar-refractivity contribution in [2.24, 2.45) is 0 Å². The first-order valence-electron chi connectivity index (χ1n) is 13.8. The van der Waals surface area contributed by atoms with Crippen molar-refractivity contribution in [3.05, 3.63) is 65.1 Å². The van der Waals surface area contributed by atoms with E-state index in [1.165, 1.54) is 19.2 Å². The molecule has 3 heterocycles. The van der Waals surface area contributed by atoms with Gasteiger partial charge in [0.25, 0.3) is 11.8 Å². The van der Waals surface area contributed by atoms with Crippen molar-refractivity contribution in [1.82, 2.24) is 14.8 Å². The fraction of sp³-hybridized carbons (Fsp3) is 0.406. The molecule has 0 radical (unpaired) electrons. The molecule has 41 heavy (non-hydrogen) atoms. The maximum atomic E-state index is 14.1. The van der Waals surface area contributed by atoms with Crippen LogP contribution >= 0.6 is 0 Å². The minimum atomic E-state index is -1.09. The van der Waals surface area contributed by atoms with Gasteiger partial charge < -0.3 is 24.6 Å². The van der Waals surface area contributed by atoms with Crippen LogP contribution in [0.25, 0.3) is 22.4 Å². The Bertz CT molecular complexity index is 1570. The lowest BCUT2D eigenvalue weighted by Gasteiger charge is -2.38. The monoisotopic (exact) mass is 558 g/mol. The number of aliphatic hydroxyl groups excluding tert-OH is 1. The van der Waals surface area contributed by atoms with Crippen molar-refractivity contribution in [2.45, 2.75) is 70.7 Å². The molecule has 2 aliphatic heterocycles. The van der Waals surface area contributed by atoms with Gasteiger partial charge in [-0.15, -0.1) is 0 Å². The zero-order valence-corrected chi connectivity index (χ0v) is 24.0. The second kappa shape index (κ2) is 10.3. The van der Waals surface area contributed by atoms with Gasteiger partial charge in [0.1, 0.15) is 22.8 Å². The van der Waals surface area contributed by atoms with E-state index < -0.39 is 23.1 Å². The summed E-state index contributed by atoms with van der Waals surface area (Å²) in [4.78, 5) is 29.2. The number of aliphatic hydroxyl groups is 1. The molecule has 5 rings (SSSR count). The van der Waals surface area contributed by atoms with E-state index in [0.717, 1.165) is 34.4 Å². The van der Waals surface area contributed by atoms with Crippen LogP contribution in [-0.2, 0) is 13.0 Å². The summed E-state index contributed by atoms with van der Waals surface area (Å²) < 4.78 is 21.4. The van der Waals surface area contributed by atoms with Crippen LogP contribution in [0.2, 0.25) is 0 Å². The van der Waals surface area contributed by atoms with E-state index in [4.69, 9.17) is 4.74 Å². The fourth-order valence-electron chi connectivity index (χ4n) is 6.00. The lowest BCUT2D eigenvalue weighted by molar-refractivity contribution is 0.0145. The van der Waals surface area contributed by atoms with E-state index in [0.29, 0.717) is 37.4 Å². The molecule has 3 aromatic rings. The molecule has 0 bridgehead atoms. The number of nitrogens with zero attached hydrogens (tertiary/aromatic N) is 3. The van der Waals surface area contributed by atoms with Crippen LogP contribution in [0, 0.1) is 17.1 Å².